The number of benzene rings is 1. The lowest BCUT2D eigenvalue weighted by Gasteiger charge is -2.29. The highest BCUT2D eigenvalue weighted by atomic mass is 19.1. The molecular formula is C17H24FN3O2. The van der Waals surface area contributed by atoms with Crippen molar-refractivity contribution in [3.05, 3.63) is 24.0 Å². The van der Waals surface area contributed by atoms with E-state index >= 15 is 0 Å². The number of carbonyl (C=O) groups is 1. The first-order valence-corrected chi connectivity index (χ1v) is 8.42. The smallest absolute Gasteiger partial charge is 0.319 e. The minimum atomic E-state index is -0.317. The number of nitrogens with zero attached hydrogens (tertiary/aromatic N) is 1. The molecule has 1 aliphatic carbocycles. The van der Waals surface area contributed by atoms with Gasteiger partial charge in [-0.05, 0) is 31.0 Å². The van der Waals surface area contributed by atoms with Crippen LogP contribution in [0.2, 0.25) is 0 Å². The molecule has 5 nitrogen and oxygen atoms in total. The Morgan fingerprint density at radius 1 is 1.17 bits per heavy atom. The first-order chi connectivity index (χ1) is 11.2. The fraction of sp³-hybridized carbons (Fsp3) is 0.588. The van der Waals surface area contributed by atoms with Gasteiger partial charge in [-0.25, -0.2) is 9.18 Å². The molecule has 2 N–H and O–H groups in total. The number of nitrogens with one attached hydrogen (secondary N) is 2. The number of hydrogen-bond acceptors (Lipinski definition) is 3. The number of anilines is 2. The molecule has 1 aliphatic heterocycles. The van der Waals surface area contributed by atoms with Crippen LogP contribution in [-0.4, -0.2) is 38.4 Å². The standard InChI is InChI=1S/C17H24FN3O2/c18-15-12-14(6-7-16(15)21-8-10-23-11-9-21)20-17(22)19-13-4-2-1-3-5-13/h6-7,12-13H,1-5,8-11H2,(H2,19,20,22). The van der Waals surface area contributed by atoms with E-state index in [2.05, 4.69) is 10.6 Å². The van der Waals surface area contributed by atoms with Crippen LogP contribution in [0, 0.1) is 5.82 Å². The minimum absolute atomic E-state index is 0.237. The van der Waals surface area contributed by atoms with Gasteiger partial charge in [0.05, 0.1) is 18.9 Å². The molecule has 1 aromatic rings. The van der Waals surface area contributed by atoms with Crippen molar-refractivity contribution >= 4 is 17.4 Å². The highest BCUT2D eigenvalue weighted by Gasteiger charge is 2.17. The molecule has 3 rings (SSSR count). The van der Waals surface area contributed by atoms with Crippen LogP contribution < -0.4 is 15.5 Å². The Bertz CT molecular complexity index is 541. The predicted molar refractivity (Wildman–Crippen MR) is 88.5 cm³/mol. The van der Waals surface area contributed by atoms with Gasteiger partial charge in [-0.1, -0.05) is 19.3 Å². The summed E-state index contributed by atoms with van der Waals surface area (Å²) in [4.78, 5) is 14.0. The Labute approximate surface area is 136 Å². The summed E-state index contributed by atoms with van der Waals surface area (Å²) < 4.78 is 19.6. The summed E-state index contributed by atoms with van der Waals surface area (Å²) in [6, 6.07) is 4.83. The molecule has 23 heavy (non-hydrogen) atoms. The normalized spacial score (nSPS) is 19.4. The number of halogens is 1. The molecule has 6 heteroatoms. The van der Waals surface area contributed by atoms with Crippen LogP contribution in [0.1, 0.15) is 32.1 Å². The molecule has 1 aromatic carbocycles. The third-order valence-electron chi connectivity index (χ3n) is 4.50. The van der Waals surface area contributed by atoms with Crippen LogP contribution in [0.4, 0.5) is 20.6 Å². The van der Waals surface area contributed by atoms with E-state index in [1.165, 1.54) is 12.5 Å². The Morgan fingerprint density at radius 2 is 1.91 bits per heavy atom. The molecule has 0 spiro atoms. The summed E-state index contributed by atoms with van der Waals surface area (Å²) in [7, 11) is 0. The quantitative estimate of drug-likeness (QED) is 0.899. The Morgan fingerprint density at radius 3 is 2.61 bits per heavy atom. The Hall–Kier alpha value is -1.82. The number of amides is 2. The first-order valence-electron chi connectivity index (χ1n) is 8.42. The zero-order valence-electron chi connectivity index (χ0n) is 13.3. The van der Waals surface area contributed by atoms with Gasteiger partial charge in [-0.3, -0.25) is 0 Å². The average molecular weight is 321 g/mol. The molecule has 2 aliphatic rings. The van der Waals surface area contributed by atoms with Gasteiger partial charge in [-0.15, -0.1) is 0 Å². The fourth-order valence-corrected chi connectivity index (χ4v) is 3.24. The van der Waals surface area contributed by atoms with E-state index in [1.807, 2.05) is 4.90 Å². The molecule has 0 unspecified atom stereocenters. The monoisotopic (exact) mass is 321 g/mol. The van der Waals surface area contributed by atoms with Crippen molar-refractivity contribution in [2.24, 2.45) is 0 Å². The van der Waals surface area contributed by atoms with Gasteiger partial charge in [0, 0.05) is 24.8 Å². The first kappa shape index (κ1) is 16.1. The molecule has 2 amide bonds. The number of ether oxygens (including phenoxy) is 1. The number of carbonyl (C=O) groups excluding carboxylic acids is 1. The van der Waals surface area contributed by atoms with E-state index in [1.54, 1.807) is 12.1 Å². The van der Waals surface area contributed by atoms with E-state index in [0.717, 1.165) is 25.7 Å². The zero-order chi connectivity index (χ0) is 16.1. The third-order valence-corrected chi connectivity index (χ3v) is 4.50. The lowest BCUT2D eigenvalue weighted by Crippen LogP contribution is -2.39. The minimum Gasteiger partial charge on any atom is -0.378 e. The second kappa shape index (κ2) is 7.64. The summed E-state index contributed by atoms with van der Waals surface area (Å²) in [6.45, 7) is 2.60. The van der Waals surface area contributed by atoms with Crippen molar-refractivity contribution in [1.29, 1.82) is 0 Å². The van der Waals surface area contributed by atoms with E-state index < -0.39 is 0 Å². The molecule has 0 bridgehead atoms. The highest BCUT2D eigenvalue weighted by Crippen LogP contribution is 2.24. The molecule has 1 heterocycles. The third kappa shape index (κ3) is 4.34. The molecular weight excluding hydrogens is 297 g/mol. The Balaban J connectivity index is 1.57. The maximum atomic E-state index is 14.3. The van der Waals surface area contributed by atoms with Crippen molar-refractivity contribution in [3.63, 3.8) is 0 Å². The van der Waals surface area contributed by atoms with E-state index in [4.69, 9.17) is 4.74 Å². The molecule has 0 aromatic heterocycles. The van der Waals surface area contributed by atoms with E-state index in [0.29, 0.717) is 37.7 Å². The molecule has 126 valence electrons. The average Bonchev–Trinajstić information content (AvgIpc) is 2.56. The van der Waals surface area contributed by atoms with Crippen LogP contribution in [0.3, 0.4) is 0 Å². The van der Waals surface area contributed by atoms with E-state index in [9.17, 15) is 9.18 Å². The second-order valence-corrected chi connectivity index (χ2v) is 6.20. The predicted octanol–water partition coefficient (Wildman–Crippen LogP) is 3.12. The van der Waals surface area contributed by atoms with Crippen molar-refractivity contribution in [2.45, 2.75) is 38.1 Å². The van der Waals surface area contributed by atoms with Gasteiger partial charge in [0.15, 0.2) is 0 Å². The summed E-state index contributed by atoms with van der Waals surface area (Å²) >= 11 is 0. The van der Waals surface area contributed by atoms with Crippen LogP contribution in [0.5, 0.6) is 0 Å². The fourth-order valence-electron chi connectivity index (χ4n) is 3.24. The summed E-state index contributed by atoms with van der Waals surface area (Å²) in [5.41, 5.74) is 1.04. The molecule has 1 saturated heterocycles. The number of hydrogen-bond donors (Lipinski definition) is 2. The highest BCUT2D eigenvalue weighted by molar-refractivity contribution is 5.89. The number of morpholine rings is 1. The molecule has 0 atom stereocenters. The number of urea groups is 1. The maximum Gasteiger partial charge on any atom is 0.319 e. The molecule has 1 saturated carbocycles. The SMILES string of the molecule is O=C(Nc1ccc(N2CCOCC2)c(F)c1)NC1CCCCC1. The van der Waals surface area contributed by atoms with Crippen molar-refractivity contribution in [1.82, 2.24) is 5.32 Å². The van der Waals surface area contributed by atoms with Gasteiger partial charge >= 0.3 is 6.03 Å². The molecule has 2 fully saturated rings. The van der Waals surface area contributed by atoms with Gasteiger partial charge < -0.3 is 20.3 Å². The van der Waals surface area contributed by atoms with Gasteiger partial charge in [0.1, 0.15) is 5.82 Å². The van der Waals surface area contributed by atoms with Crippen LogP contribution in [0.15, 0.2) is 18.2 Å². The van der Waals surface area contributed by atoms with Crippen molar-refractivity contribution in [3.8, 4) is 0 Å². The Kier molecular flexibility index (Phi) is 5.33. The lowest BCUT2D eigenvalue weighted by molar-refractivity contribution is 0.122. The summed E-state index contributed by atoms with van der Waals surface area (Å²) in [5.74, 6) is -0.317. The zero-order valence-corrected chi connectivity index (χ0v) is 13.3. The maximum absolute atomic E-state index is 14.3. The summed E-state index contributed by atoms with van der Waals surface area (Å²) in [6.07, 6.45) is 5.62. The van der Waals surface area contributed by atoms with Gasteiger partial charge in [0.2, 0.25) is 0 Å². The topological polar surface area (TPSA) is 53.6 Å². The van der Waals surface area contributed by atoms with Crippen LogP contribution in [-0.2, 0) is 4.74 Å². The second-order valence-electron chi connectivity index (χ2n) is 6.20. The molecule has 0 radical (unpaired) electrons. The van der Waals surface area contributed by atoms with Gasteiger partial charge in [0.25, 0.3) is 0 Å². The van der Waals surface area contributed by atoms with Crippen molar-refractivity contribution in [2.75, 3.05) is 36.5 Å². The van der Waals surface area contributed by atoms with Crippen LogP contribution in [0.25, 0.3) is 0 Å². The van der Waals surface area contributed by atoms with Gasteiger partial charge in [-0.2, -0.15) is 0 Å². The number of rotatable bonds is 3. The van der Waals surface area contributed by atoms with Crippen molar-refractivity contribution < 1.29 is 13.9 Å². The largest absolute Gasteiger partial charge is 0.378 e. The summed E-state index contributed by atoms with van der Waals surface area (Å²) in [5, 5.41) is 5.69. The lowest BCUT2D eigenvalue weighted by atomic mass is 9.96. The van der Waals surface area contributed by atoms with E-state index in [-0.39, 0.29) is 17.9 Å². The van der Waals surface area contributed by atoms with Crippen LogP contribution >= 0.6 is 0 Å².